The summed E-state index contributed by atoms with van der Waals surface area (Å²) in [6.45, 7) is 0. The molecule has 0 amide bonds. The van der Waals surface area contributed by atoms with E-state index in [1.165, 1.54) is 0 Å². The van der Waals surface area contributed by atoms with Gasteiger partial charge in [0.25, 0.3) is 0 Å². The zero-order chi connectivity index (χ0) is 11.6. The van der Waals surface area contributed by atoms with Gasteiger partial charge in [-0.15, -0.1) is 0 Å². The average Bonchev–Trinajstić information content (AvgIpc) is 2.33. The average molecular weight is 282 g/mol. The number of nitrogens with zero attached hydrogens (tertiary/aromatic N) is 1. The molecule has 1 aromatic rings. The summed E-state index contributed by atoms with van der Waals surface area (Å²) in [5.41, 5.74) is -0.0457. The molecular formula is C13H13BrFN. The van der Waals surface area contributed by atoms with Crippen molar-refractivity contribution in [2.45, 2.75) is 37.5 Å². The van der Waals surface area contributed by atoms with E-state index >= 15 is 0 Å². The molecule has 0 bridgehead atoms. The van der Waals surface area contributed by atoms with Gasteiger partial charge in [0.15, 0.2) is 0 Å². The first-order valence-electron chi connectivity index (χ1n) is 5.55. The van der Waals surface area contributed by atoms with Crippen molar-refractivity contribution in [3.05, 3.63) is 34.1 Å². The van der Waals surface area contributed by atoms with Crippen LogP contribution in [-0.4, -0.2) is 0 Å². The van der Waals surface area contributed by atoms with E-state index in [4.69, 9.17) is 0 Å². The Morgan fingerprint density at radius 3 is 2.56 bits per heavy atom. The summed E-state index contributed by atoms with van der Waals surface area (Å²) >= 11 is 3.18. The topological polar surface area (TPSA) is 23.8 Å². The molecule has 0 saturated heterocycles. The normalized spacial score (nSPS) is 19.1. The van der Waals surface area contributed by atoms with Gasteiger partial charge in [0.05, 0.1) is 16.0 Å². The molecule has 2 rings (SSSR count). The van der Waals surface area contributed by atoms with E-state index in [1.54, 1.807) is 18.2 Å². The highest BCUT2D eigenvalue weighted by molar-refractivity contribution is 9.10. The third kappa shape index (κ3) is 1.87. The number of nitriles is 1. The number of hydrogen-bond donors (Lipinski definition) is 0. The Labute approximate surface area is 103 Å². The number of benzene rings is 1. The van der Waals surface area contributed by atoms with Gasteiger partial charge in [0.1, 0.15) is 5.82 Å². The van der Waals surface area contributed by atoms with Crippen LogP contribution in [0.1, 0.15) is 37.7 Å². The molecular weight excluding hydrogens is 269 g/mol. The van der Waals surface area contributed by atoms with Gasteiger partial charge in [0.2, 0.25) is 0 Å². The van der Waals surface area contributed by atoms with Crippen LogP contribution < -0.4 is 0 Å². The quantitative estimate of drug-likeness (QED) is 0.752. The van der Waals surface area contributed by atoms with Gasteiger partial charge in [-0.2, -0.15) is 5.26 Å². The maximum atomic E-state index is 14.0. The second kappa shape index (κ2) is 4.55. The molecule has 1 fully saturated rings. The monoisotopic (exact) mass is 281 g/mol. The van der Waals surface area contributed by atoms with E-state index in [0.717, 1.165) is 32.1 Å². The molecule has 16 heavy (non-hydrogen) atoms. The van der Waals surface area contributed by atoms with Gasteiger partial charge in [-0.25, -0.2) is 4.39 Å². The van der Waals surface area contributed by atoms with Crippen molar-refractivity contribution in [2.24, 2.45) is 0 Å². The van der Waals surface area contributed by atoms with E-state index in [1.807, 2.05) is 0 Å². The summed E-state index contributed by atoms with van der Waals surface area (Å²) in [5, 5.41) is 9.38. The summed E-state index contributed by atoms with van der Waals surface area (Å²) < 4.78 is 14.5. The summed E-state index contributed by atoms with van der Waals surface area (Å²) in [4.78, 5) is 0. The van der Waals surface area contributed by atoms with Crippen LogP contribution in [0.3, 0.4) is 0 Å². The number of rotatable bonds is 1. The number of halogens is 2. The van der Waals surface area contributed by atoms with Crippen LogP contribution in [0, 0.1) is 17.1 Å². The summed E-state index contributed by atoms with van der Waals surface area (Å²) in [7, 11) is 0. The molecule has 3 heteroatoms. The third-order valence-electron chi connectivity index (χ3n) is 3.39. The lowest BCUT2D eigenvalue weighted by molar-refractivity contribution is 0.354. The molecule has 1 aromatic carbocycles. The summed E-state index contributed by atoms with van der Waals surface area (Å²) in [5.74, 6) is -0.272. The number of hydrogen-bond acceptors (Lipinski definition) is 1. The van der Waals surface area contributed by atoms with E-state index in [9.17, 15) is 9.65 Å². The fraction of sp³-hybridized carbons (Fsp3) is 0.462. The van der Waals surface area contributed by atoms with E-state index in [0.29, 0.717) is 10.0 Å². The van der Waals surface area contributed by atoms with Crippen molar-refractivity contribution < 1.29 is 4.39 Å². The van der Waals surface area contributed by atoms with Crippen molar-refractivity contribution in [3.63, 3.8) is 0 Å². The minimum absolute atomic E-state index is 0.272. The first-order chi connectivity index (χ1) is 7.69. The zero-order valence-corrected chi connectivity index (χ0v) is 10.6. The minimum atomic E-state index is -0.605. The summed E-state index contributed by atoms with van der Waals surface area (Å²) in [6.07, 6.45) is 4.73. The molecule has 0 aromatic heterocycles. The Hall–Kier alpha value is -0.880. The minimum Gasteiger partial charge on any atom is -0.205 e. The Kier molecular flexibility index (Phi) is 3.30. The molecule has 84 valence electrons. The van der Waals surface area contributed by atoms with Gasteiger partial charge < -0.3 is 0 Å². The Morgan fingerprint density at radius 1 is 1.25 bits per heavy atom. The maximum Gasteiger partial charge on any atom is 0.142 e. The molecule has 0 unspecified atom stereocenters. The SMILES string of the molecule is N#CC1(c2cccc(Br)c2F)CCCCC1. The highest BCUT2D eigenvalue weighted by Gasteiger charge is 2.36. The van der Waals surface area contributed by atoms with Crippen LogP contribution in [0.4, 0.5) is 4.39 Å². The van der Waals surface area contributed by atoms with Crippen LogP contribution in [-0.2, 0) is 5.41 Å². The van der Waals surface area contributed by atoms with E-state index in [2.05, 4.69) is 22.0 Å². The highest BCUT2D eigenvalue weighted by atomic mass is 79.9. The van der Waals surface area contributed by atoms with Gasteiger partial charge in [-0.3, -0.25) is 0 Å². The fourth-order valence-electron chi connectivity index (χ4n) is 2.47. The van der Waals surface area contributed by atoms with E-state index in [-0.39, 0.29) is 5.82 Å². The smallest absolute Gasteiger partial charge is 0.142 e. The van der Waals surface area contributed by atoms with Crippen LogP contribution in [0.25, 0.3) is 0 Å². The second-order valence-corrected chi connectivity index (χ2v) is 5.21. The Balaban J connectivity index is 2.48. The molecule has 0 radical (unpaired) electrons. The van der Waals surface area contributed by atoms with Crippen LogP contribution in [0.15, 0.2) is 22.7 Å². The fourth-order valence-corrected chi connectivity index (χ4v) is 2.84. The molecule has 1 nitrogen and oxygen atoms in total. The van der Waals surface area contributed by atoms with Crippen LogP contribution >= 0.6 is 15.9 Å². The molecule has 1 saturated carbocycles. The second-order valence-electron chi connectivity index (χ2n) is 4.36. The lowest BCUT2D eigenvalue weighted by Gasteiger charge is -2.31. The lowest BCUT2D eigenvalue weighted by Crippen LogP contribution is -2.28. The molecule has 0 aliphatic heterocycles. The first kappa shape index (κ1) is 11.6. The standard InChI is InChI=1S/C13H13BrFN/c14-11-6-4-5-10(12(11)15)13(9-16)7-2-1-3-8-13/h4-6H,1-3,7-8H2. The van der Waals surface area contributed by atoms with E-state index < -0.39 is 5.41 Å². The lowest BCUT2D eigenvalue weighted by atomic mass is 9.70. The van der Waals surface area contributed by atoms with Crippen molar-refractivity contribution >= 4 is 15.9 Å². The zero-order valence-electron chi connectivity index (χ0n) is 8.97. The van der Waals surface area contributed by atoms with Gasteiger partial charge >= 0.3 is 0 Å². The Bertz CT molecular complexity index is 430. The highest BCUT2D eigenvalue weighted by Crippen LogP contribution is 2.41. The molecule has 1 aliphatic carbocycles. The molecule has 1 aliphatic rings. The molecule has 0 N–H and O–H groups in total. The van der Waals surface area contributed by atoms with Gasteiger partial charge in [0, 0.05) is 5.56 Å². The largest absolute Gasteiger partial charge is 0.205 e. The van der Waals surface area contributed by atoms with Crippen molar-refractivity contribution in [3.8, 4) is 6.07 Å². The predicted molar refractivity (Wildman–Crippen MR) is 64.5 cm³/mol. The van der Waals surface area contributed by atoms with Crippen molar-refractivity contribution in [2.75, 3.05) is 0 Å². The first-order valence-corrected chi connectivity index (χ1v) is 6.35. The molecule has 0 atom stereocenters. The molecule has 0 spiro atoms. The summed E-state index contributed by atoms with van der Waals surface area (Å²) in [6, 6.07) is 7.56. The van der Waals surface area contributed by atoms with Gasteiger partial charge in [-0.05, 0) is 34.8 Å². The maximum absolute atomic E-state index is 14.0. The molecule has 0 heterocycles. The van der Waals surface area contributed by atoms with Gasteiger partial charge in [-0.1, -0.05) is 31.4 Å². The van der Waals surface area contributed by atoms with Crippen LogP contribution in [0.2, 0.25) is 0 Å². The predicted octanol–water partition coefficient (Wildman–Crippen LogP) is 4.31. The Morgan fingerprint density at radius 2 is 1.94 bits per heavy atom. The van der Waals surface area contributed by atoms with Crippen molar-refractivity contribution in [1.82, 2.24) is 0 Å². The third-order valence-corrected chi connectivity index (χ3v) is 4.00. The van der Waals surface area contributed by atoms with Crippen LogP contribution in [0.5, 0.6) is 0 Å². The van der Waals surface area contributed by atoms with Crippen molar-refractivity contribution in [1.29, 1.82) is 5.26 Å².